The van der Waals surface area contributed by atoms with Gasteiger partial charge in [0.05, 0.1) is 54.9 Å². The maximum Gasteiger partial charge on any atom is 0.264 e. The normalized spacial score (nSPS) is 22.5. The highest BCUT2D eigenvalue weighted by Crippen LogP contribution is 2.60. The van der Waals surface area contributed by atoms with Gasteiger partial charge >= 0.3 is 0 Å². The molecule has 0 bridgehead atoms. The third-order valence-electron chi connectivity index (χ3n) is 12.9. The first-order valence-corrected chi connectivity index (χ1v) is 25.4. The zero-order valence-electron chi connectivity index (χ0n) is 36.3. The molecular formula is C48H57ClN6O7Si. The maximum absolute atomic E-state index is 15.1. The van der Waals surface area contributed by atoms with Gasteiger partial charge in [-0.1, -0.05) is 66.2 Å². The molecule has 13 nitrogen and oxygen atoms in total. The summed E-state index contributed by atoms with van der Waals surface area (Å²) in [6.45, 7) is 9.56. The van der Waals surface area contributed by atoms with E-state index in [1.807, 2.05) is 118 Å². The van der Waals surface area contributed by atoms with Crippen LogP contribution in [0, 0.1) is 5.92 Å². The molecule has 5 aromatic rings. The highest BCUT2D eigenvalue weighted by atomic mass is 35.5. The van der Waals surface area contributed by atoms with Crippen LogP contribution in [0.5, 0.6) is 5.75 Å². The third-order valence-corrected chi connectivity index (χ3v) is 15.7. The topological polar surface area (TPSA) is 163 Å². The predicted molar refractivity (Wildman–Crippen MR) is 245 cm³/mol. The number of aryl methyl sites for hydroxylation is 1. The summed E-state index contributed by atoms with van der Waals surface area (Å²) < 4.78 is 14.6. The molecule has 3 aliphatic rings. The zero-order chi connectivity index (χ0) is 44.5. The van der Waals surface area contributed by atoms with Crippen LogP contribution in [0.15, 0.2) is 97.2 Å². The average Bonchev–Trinajstić information content (AvgIpc) is 3.93. The minimum absolute atomic E-state index is 0.0662. The van der Waals surface area contributed by atoms with E-state index < -0.39 is 26.1 Å². The Morgan fingerprint density at radius 1 is 1.00 bits per heavy atom. The number of aliphatic hydroxyl groups excluding tert-OH is 2. The molecule has 0 saturated carbocycles. The Bertz CT molecular complexity index is 2410. The number of ether oxygens (including phenoxy) is 2. The van der Waals surface area contributed by atoms with Crippen LogP contribution in [-0.4, -0.2) is 88.6 Å². The third kappa shape index (κ3) is 8.70. The summed E-state index contributed by atoms with van der Waals surface area (Å²) in [6, 6.07) is 28.3. The lowest BCUT2D eigenvalue weighted by Crippen LogP contribution is -2.49. The van der Waals surface area contributed by atoms with Crippen molar-refractivity contribution in [2.75, 3.05) is 36.2 Å². The van der Waals surface area contributed by atoms with Crippen molar-refractivity contribution >= 4 is 48.8 Å². The number of hydrogen-bond donors (Lipinski definition) is 4. The molecule has 0 radical (unpaired) electrons. The lowest BCUT2D eigenvalue weighted by Gasteiger charge is -2.35. The quantitative estimate of drug-likeness (QED) is 0.0575. The lowest BCUT2D eigenvalue weighted by atomic mass is 9.82. The van der Waals surface area contributed by atoms with Gasteiger partial charge in [0.15, 0.2) is 13.9 Å². The van der Waals surface area contributed by atoms with E-state index in [2.05, 4.69) is 15.6 Å². The van der Waals surface area contributed by atoms with E-state index in [-0.39, 0.29) is 48.9 Å². The number of amides is 2. The molecule has 1 saturated heterocycles. The fourth-order valence-electron chi connectivity index (χ4n) is 10.0. The number of nitrogens with one attached hydrogen (secondary N) is 1. The number of nitrogens with zero attached hydrogens (tertiary/aromatic N) is 5. The molecule has 4 aromatic carbocycles. The van der Waals surface area contributed by atoms with E-state index in [1.165, 1.54) is 0 Å². The van der Waals surface area contributed by atoms with Gasteiger partial charge < -0.3 is 34.7 Å². The number of aliphatic hydroxyl groups is 2. The van der Waals surface area contributed by atoms with Crippen molar-refractivity contribution < 1.29 is 34.1 Å². The largest absolute Gasteiger partial charge is 0.494 e. The van der Waals surface area contributed by atoms with E-state index in [0.29, 0.717) is 66.6 Å². The number of benzene rings is 4. The van der Waals surface area contributed by atoms with Crippen LogP contribution in [0.3, 0.4) is 0 Å². The first-order chi connectivity index (χ1) is 30.4. The lowest BCUT2D eigenvalue weighted by molar-refractivity contribution is -0.146. The molecule has 1 spiro atoms. The number of hydrogen-bond acceptors (Lipinski definition) is 10. The molecule has 8 rings (SSSR count). The van der Waals surface area contributed by atoms with Crippen LogP contribution in [0.4, 0.5) is 17.1 Å². The summed E-state index contributed by atoms with van der Waals surface area (Å²) in [6.07, 6.45) is 3.77. The number of unbranched alkanes of at least 4 members (excludes halogenated alkanes) is 1. The maximum atomic E-state index is 15.1. The number of carbonyl (C=O) groups is 2. The van der Waals surface area contributed by atoms with Gasteiger partial charge in [-0.25, -0.2) is 0 Å². The number of aromatic nitrogens is 3. The highest BCUT2D eigenvalue weighted by Gasteiger charge is 2.66. The fourth-order valence-corrected chi connectivity index (χ4v) is 12.8. The number of carbonyl (C=O) groups excluding carboxylic acids is 2. The van der Waals surface area contributed by atoms with Crippen molar-refractivity contribution in [1.82, 2.24) is 20.3 Å². The van der Waals surface area contributed by atoms with Crippen LogP contribution >= 0.6 is 11.6 Å². The van der Waals surface area contributed by atoms with Crippen molar-refractivity contribution in [2.45, 2.75) is 94.9 Å². The molecule has 4 heterocycles. The van der Waals surface area contributed by atoms with E-state index in [0.717, 1.165) is 34.5 Å². The standard InChI is InChI=1S/C48H57ClN6O7Si/c1-5-61-37-18-20-42-34(25-37)26-40(50-22-9-10-24-56)46(58)55(42)36-16-13-32(14-17-36)28-54-43-19-15-35(49)27-39(43)48(47(54)59)31(2)45(63(3,4)60)44(62-48)21-23-53-29-41(51-52-53)38(30-57)33-11-7-6-8-12-33/h6-8,11-20,25,27,29,31,38,40,44-45,50,56-57,60H,5,9-10,21-24,26,28,30H2,1-4H3/t31-,38?,40?,44+,45-,48+/m1/s1. The summed E-state index contributed by atoms with van der Waals surface area (Å²) in [5, 5.41) is 32.2. The molecule has 1 aromatic heterocycles. The number of rotatable bonds is 17. The summed E-state index contributed by atoms with van der Waals surface area (Å²) in [7, 11) is -2.94. The van der Waals surface area contributed by atoms with Crippen molar-refractivity contribution in [1.29, 1.82) is 0 Å². The minimum Gasteiger partial charge on any atom is -0.494 e. The van der Waals surface area contributed by atoms with Crippen molar-refractivity contribution in [3.8, 4) is 5.75 Å². The van der Waals surface area contributed by atoms with E-state index in [4.69, 9.17) is 21.1 Å². The molecule has 2 unspecified atom stereocenters. The summed E-state index contributed by atoms with van der Waals surface area (Å²) in [5.41, 5.74) is 4.66. The first kappa shape index (κ1) is 44.7. The van der Waals surface area contributed by atoms with Gasteiger partial charge in [-0.15, -0.1) is 5.10 Å². The van der Waals surface area contributed by atoms with Gasteiger partial charge in [-0.2, -0.15) is 0 Å². The summed E-state index contributed by atoms with van der Waals surface area (Å²) >= 11 is 6.68. The van der Waals surface area contributed by atoms with E-state index >= 15 is 4.79 Å². The van der Waals surface area contributed by atoms with Gasteiger partial charge in [-0.3, -0.25) is 19.2 Å². The predicted octanol–water partition coefficient (Wildman–Crippen LogP) is 6.84. The Kier molecular flexibility index (Phi) is 13.2. The zero-order valence-corrected chi connectivity index (χ0v) is 38.0. The molecule has 63 heavy (non-hydrogen) atoms. The number of fused-ring (bicyclic) bond motifs is 3. The van der Waals surface area contributed by atoms with Gasteiger partial charge in [0, 0.05) is 47.1 Å². The van der Waals surface area contributed by atoms with Gasteiger partial charge in [-0.05, 0) is 117 Å². The Hall–Kier alpha value is -4.93. The highest BCUT2D eigenvalue weighted by molar-refractivity contribution is 6.71. The number of anilines is 3. The molecule has 4 N–H and O–H groups in total. The van der Waals surface area contributed by atoms with Crippen molar-refractivity contribution in [3.05, 3.63) is 130 Å². The second-order valence-electron chi connectivity index (χ2n) is 17.5. The average molecular weight is 894 g/mol. The Morgan fingerprint density at radius 2 is 1.76 bits per heavy atom. The van der Waals surface area contributed by atoms with Crippen molar-refractivity contribution in [3.63, 3.8) is 0 Å². The second kappa shape index (κ2) is 18.7. The monoisotopic (exact) mass is 892 g/mol. The minimum atomic E-state index is -2.94. The van der Waals surface area contributed by atoms with Crippen LogP contribution in [0.2, 0.25) is 23.7 Å². The Labute approximate surface area is 374 Å². The molecule has 15 heteroatoms. The molecular weight excluding hydrogens is 836 g/mol. The van der Waals surface area contributed by atoms with Crippen LogP contribution in [0.1, 0.15) is 67.0 Å². The fraction of sp³-hybridized carbons (Fsp3) is 0.417. The molecule has 6 atom stereocenters. The first-order valence-electron chi connectivity index (χ1n) is 22.0. The molecule has 332 valence electrons. The van der Waals surface area contributed by atoms with Crippen LogP contribution in [0.25, 0.3) is 0 Å². The number of halogens is 1. The van der Waals surface area contributed by atoms with E-state index in [9.17, 15) is 19.8 Å². The molecule has 1 fully saturated rings. The molecule has 2 amide bonds. The summed E-state index contributed by atoms with van der Waals surface area (Å²) in [5.74, 6) is -0.225. The second-order valence-corrected chi connectivity index (χ2v) is 21.9. The molecule has 0 aliphatic carbocycles. The SMILES string of the molecule is CCOc1ccc2c(c1)CC(NCCCCO)C(=O)N2c1ccc(CN2C(=O)[C@@]3(O[C@@H](CCn4cc(C(CO)c5ccccc5)nn4)[C@H]([Si](C)(C)O)[C@H]3C)c3cc(Cl)ccc32)cc1. The van der Waals surface area contributed by atoms with Crippen LogP contribution < -0.4 is 19.9 Å². The Balaban J connectivity index is 1.04. The van der Waals surface area contributed by atoms with Gasteiger partial charge in [0.1, 0.15) is 5.75 Å². The van der Waals surface area contributed by atoms with E-state index in [1.54, 1.807) is 20.5 Å². The van der Waals surface area contributed by atoms with Gasteiger partial charge in [0.2, 0.25) is 5.91 Å². The smallest absolute Gasteiger partial charge is 0.264 e. The Morgan fingerprint density at radius 3 is 2.48 bits per heavy atom. The van der Waals surface area contributed by atoms with Crippen LogP contribution in [-0.2, 0) is 39.4 Å². The molecule has 3 aliphatic heterocycles. The summed E-state index contributed by atoms with van der Waals surface area (Å²) in [4.78, 5) is 44.6. The van der Waals surface area contributed by atoms with Crippen molar-refractivity contribution in [2.24, 2.45) is 5.92 Å². The van der Waals surface area contributed by atoms with Gasteiger partial charge in [0.25, 0.3) is 5.91 Å².